The molecule has 0 amide bonds. The van der Waals surface area contributed by atoms with E-state index in [2.05, 4.69) is 4.99 Å². The van der Waals surface area contributed by atoms with Gasteiger partial charge in [-0.15, -0.1) is 0 Å². The van der Waals surface area contributed by atoms with Crippen LogP contribution in [0.25, 0.3) is 0 Å². The van der Waals surface area contributed by atoms with Crippen molar-refractivity contribution in [3.8, 4) is 0 Å². The Morgan fingerprint density at radius 2 is 1.95 bits per heavy atom. The second-order valence-corrected chi connectivity index (χ2v) is 4.08. The summed E-state index contributed by atoms with van der Waals surface area (Å²) in [6.07, 6.45) is 1.30. The number of aromatic nitrogens is 1. The van der Waals surface area contributed by atoms with Gasteiger partial charge in [0, 0.05) is 6.20 Å². The smallest absolute Gasteiger partial charge is 0.338 e. The lowest BCUT2D eigenvalue weighted by molar-refractivity contribution is 0.0697. The molecular weight excluding hydrogens is 270 g/mol. The van der Waals surface area contributed by atoms with E-state index in [1.54, 1.807) is 13.0 Å². The number of aryl methyl sites for hydroxylation is 1. The summed E-state index contributed by atoms with van der Waals surface area (Å²) in [7, 11) is 0. The van der Waals surface area contributed by atoms with Crippen LogP contribution in [0.4, 0.5) is 14.5 Å². The molecule has 0 atom stereocenters. The van der Waals surface area contributed by atoms with Gasteiger partial charge in [0.05, 0.1) is 5.56 Å². The van der Waals surface area contributed by atoms with Gasteiger partial charge in [-0.2, -0.15) is 4.73 Å². The van der Waals surface area contributed by atoms with E-state index >= 15 is 0 Å². The van der Waals surface area contributed by atoms with Crippen LogP contribution in [-0.2, 0) is 0 Å². The molecule has 0 bridgehead atoms. The lowest BCUT2D eigenvalue weighted by Gasteiger charge is -2.04. The molecule has 2 aromatic rings. The molecule has 2 N–H and O–H groups in total. The van der Waals surface area contributed by atoms with Gasteiger partial charge in [-0.1, -0.05) is 6.07 Å². The van der Waals surface area contributed by atoms with Gasteiger partial charge in [-0.25, -0.2) is 18.6 Å². The maximum absolute atomic E-state index is 13.7. The number of carbonyl (C=O) groups is 1. The Hall–Kier alpha value is -2.70. The molecule has 20 heavy (non-hydrogen) atoms. The van der Waals surface area contributed by atoms with E-state index in [1.807, 2.05) is 0 Å². The number of pyridine rings is 1. The van der Waals surface area contributed by atoms with Crippen molar-refractivity contribution in [2.45, 2.75) is 6.92 Å². The summed E-state index contributed by atoms with van der Waals surface area (Å²) in [4.78, 5) is 14.7. The zero-order valence-corrected chi connectivity index (χ0v) is 10.3. The highest BCUT2D eigenvalue weighted by Crippen LogP contribution is 2.25. The predicted octanol–water partition coefficient (Wildman–Crippen LogP) is 2.24. The summed E-state index contributed by atoms with van der Waals surface area (Å²) < 4.78 is 27.5. The summed E-state index contributed by atoms with van der Waals surface area (Å²) in [5, 5.41) is 18.6. The van der Waals surface area contributed by atoms with Gasteiger partial charge in [-0.05, 0) is 30.7 Å². The van der Waals surface area contributed by atoms with E-state index in [0.717, 1.165) is 6.07 Å². The highest BCUT2D eigenvalue weighted by Gasteiger charge is 2.17. The van der Waals surface area contributed by atoms with Gasteiger partial charge in [0.25, 0.3) is 0 Å². The van der Waals surface area contributed by atoms with Crippen LogP contribution in [0.1, 0.15) is 15.9 Å². The topological polar surface area (TPSA) is 74.8 Å². The van der Waals surface area contributed by atoms with Crippen LogP contribution in [-0.4, -0.2) is 21.0 Å². The van der Waals surface area contributed by atoms with Crippen LogP contribution in [0.2, 0.25) is 0 Å². The number of halogens is 2. The molecule has 1 heterocycles. The molecule has 1 aromatic heterocycles. The van der Waals surface area contributed by atoms with Crippen molar-refractivity contribution in [2.75, 3.05) is 0 Å². The van der Waals surface area contributed by atoms with Crippen molar-refractivity contribution >= 4 is 11.7 Å². The average Bonchev–Trinajstić information content (AvgIpc) is 2.37. The lowest BCUT2D eigenvalue weighted by atomic mass is 10.1. The van der Waals surface area contributed by atoms with Crippen LogP contribution < -0.4 is 5.49 Å². The van der Waals surface area contributed by atoms with Gasteiger partial charge in [-0.3, -0.25) is 0 Å². The van der Waals surface area contributed by atoms with Crippen molar-refractivity contribution in [3.05, 3.63) is 58.7 Å². The summed E-state index contributed by atoms with van der Waals surface area (Å²) in [5.74, 6) is -4.05. The van der Waals surface area contributed by atoms with E-state index in [4.69, 9.17) is 5.11 Å². The quantitative estimate of drug-likeness (QED) is 0.828. The third-order valence-corrected chi connectivity index (χ3v) is 2.58. The largest absolute Gasteiger partial charge is 0.478 e. The minimum atomic E-state index is -1.45. The van der Waals surface area contributed by atoms with Crippen molar-refractivity contribution in [2.24, 2.45) is 4.99 Å². The van der Waals surface area contributed by atoms with E-state index < -0.39 is 28.9 Å². The third-order valence-electron chi connectivity index (χ3n) is 2.58. The van der Waals surface area contributed by atoms with Crippen LogP contribution in [0, 0.1) is 18.6 Å². The molecule has 0 aliphatic carbocycles. The Labute approximate surface area is 112 Å². The Balaban J connectivity index is 2.75. The van der Waals surface area contributed by atoms with Gasteiger partial charge >= 0.3 is 5.97 Å². The Bertz CT molecular complexity index is 754. The van der Waals surface area contributed by atoms with E-state index in [0.29, 0.717) is 16.4 Å². The van der Waals surface area contributed by atoms with Crippen LogP contribution in [0.3, 0.4) is 0 Å². The van der Waals surface area contributed by atoms with E-state index in [-0.39, 0.29) is 5.49 Å². The van der Waals surface area contributed by atoms with Crippen molar-refractivity contribution in [1.82, 2.24) is 4.73 Å². The molecule has 7 heteroatoms. The Kier molecular flexibility index (Phi) is 3.51. The molecule has 0 radical (unpaired) electrons. The first kappa shape index (κ1) is 13.7. The van der Waals surface area contributed by atoms with Gasteiger partial charge < -0.3 is 10.3 Å². The highest BCUT2D eigenvalue weighted by atomic mass is 19.2. The fourth-order valence-corrected chi connectivity index (χ4v) is 1.61. The summed E-state index contributed by atoms with van der Waals surface area (Å²) in [5.41, 5.74) is -0.583. The maximum Gasteiger partial charge on any atom is 0.338 e. The van der Waals surface area contributed by atoms with Crippen LogP contribution in [0.15, 0.2) is 35.5 Å². The summed E-state index contributed by atoms with van der Waals surface area (Å²) in [6, 6.07) is 4.56. The maximum atomic E-state index is 13.7. The molecule has 0 unspecified atom stereocenters. The zero-order valence-electron chi connectivity index (χ0n) is 10.3. The Morgan fingerprint density at radius 3 is 2.55 bits per heavy atom. The summed E-state index contributed by atoms with van der Waals surface area (Å²) in [6.45, 7) is 1.71. The predicted molar refractivity (Wildman–Crippen MR) is 64.9 cm³/mol. The molecule has 0 saturated carbocycles. The molecule has 104 valence electrons. The van der Waals surface area contributed by atoms with Crippen molar-refractivity contribution in [1.29, 1.82) is 0 Å². The molecular formula is C13H10F2N2O3. The second-order valence-electron chi connectivity index (χ2n) is 4.08. The fourth-order valence-electron chi connectivity index (χ4n) is 1.61. The van der Waals surface area contributed by atoms with Crippen molar-refractivity contribution in [3.63, 3.8) is 0 Å². The number of rotatable bonds is 2. The van der Waals surface area contributed by atoms with Gasteiger partial charge in [0.2, 0.25) is 0 Å². The zero-order chi connectivity index (χ0) is 14.9. The number of benzene rings is 1. The van der Waals surface area contributed by atoms with E-state index in [1.165, 1.54) is 12.3 Å². The number of nitrogens with zero attached hydrogens (tertiary/aromatic N) is 2. The van der Waals surface area contributed by atoms with Crippen LogP contribution >= 0.6 is 0 Å². The third kappa shape index (κ3) is 2.51. The molecule has 0 aliphatic heterocycles. The average molecular weight is 280 g/mol. The molecule has 2 rings (SSSR count). The minimum absolute atomic E-state index is 0.123. The second kappa shape index (κ2) is 5.12. The standard InChI is InChI=1S/C13H10F2N2O3/c1-7-2-5-10(17(20)6-7)16-12-8(13(18)19)3-4-9(14)11(12)15/h2-6,20H,1H3,(H,18,19). The number of hydrogen-bond acceptors (Lipinski definition) is 3. The number of aromatic carboxylic acids is 1. The first-order valence-electron chi connectivity index (χ1n) is 5.54. The molecule has 0 fully saturated rings. The van der Waals surface area contributed by atoms with E-state index in [9.17, 15) is 18.8 Å². The van der Waals surface area contributed by atoms with Crippen LogP contribution in [0.5, 0.6) is 0 Å². The molecule has 0 spiro atoms. The summed E-state index contributed by atoms with van der Waals surface area (Å²) >= 11 is 0. The molecule has 0 aliphatic rings. The monoisotopic (exact) mass is 280 g/mol. The van der Waals surface area contributed by atoms with Gasteiger partial charge in [0.1, 0.15) is 5.69 Å². The van der Waals surface area contributed by atoms with Crippen molar-refractivity contribution < 1.29 is 23.9 Å². The Morgan fingerprint density at radius 1 is 1.25 bits per heavy atom. The number of carboxylic acids is 1. The van der Waals surface area contributed by atoms with Gasteiger partial charge in [0.15, 0.2) is 17.1 Å². The lowest BCUT2D eigenvalue weighted by Crippen LogP contribution is -2.18. The minimum Gasteiger partial charge on any atom is -0.478 e. The first-order valence-corrected chi connectivity index (χ1v) is 5.54. The molecule has 0 saturated heterocycles. The highest BCUT2D eigenvalue weighted by molar-refractivity contribution is 5.93. The SMILES string of the molecule is Cc1ccc(=Nc2c(C(=O)O)ccc(F)c2F)n(O)c1. The fraction of sp³-hybridized carbons (Fsp3) is 0.0769. The molecule has 5 nitrogen and oxygen atoms in total. The number of hydrogen-bond donors (Lipinski definition) is 2. The number of carboxylic acid groups (broad SMARTS) is 1. The normalized spacial score (nSPS) is 11.7. The first-order chi connectivity index (χ1) is 9.40. The molecule has 1 aromatic carbocycles.